The van der Waals surface area contributed by atoms with Crippen molar-refractivity contribution < 1.29 is 9.59 Å². The maximum atomic E-state index is 12.9. The van der Waals surface area contributed by atoms with Crippen LogP contribution in [-0.4, -0.2) is 46.6 Å². The average Bonchev–Trinajstić information content (AvgIpc) is 3.34. The number of nitrogens with zero attached hydrogens (tertiary/aromatic N) is 3. The predicted molar refractivity (Wildman–Crippen MR) is 117 cm³/mol. The van der Waals surface area contributed by atoms with Gasteiger partial charge in [-0.2, -0.15) is 5.10 Å². The van der Waals surface area contributed by atoms with Crippen molar-refractivity contribution in [3.63, 3.8) is 0 Å². The van der Waals surface area contributed by atoms with E-state index in [1.807, 2.05) is 29.2 Å². The summed E-state index contributed by atoms with van der Waals surface area (Å²) in [6.45, 7) is 3.21. The summed E-state index contributed by atoms with van der Waals surface area (Å²) in [5.74, 6) is 0.142. The number of hydrogen-bond acceptors (Lipinski definition) is 3. The molecule has 6 heteroatoms. The van der Waals surface area contributed by atoms with Gasteiger partial charge >= 0.3 is 0 Å². The lowest BCUT2D eigenvalue weighted by Gasteiger charge is -2.25. The largest absolute Gasteiger partial charge is 0.332 e. The van der Waals surface area contributed by atoms with Crippen molar-refractivity contribution in [2.24, 2.45) is 5.10 Å². The molecule has 4 rings (SSSR count). The minimum absolute atomic E-state index is 0.00525. The number of carbonyl (C=O) groups excluding carboxylic acids is 2. The first-order valence-corrected chi connectivity index (χ1v) is 10.8. The summed E-state index contributed by atoms with van der Waals surface area (Å²) in [6.07, 6.45) is 2.53. The Bertz CT molecular complexity index is 938. The highest BCUT2D eigenvalue weighted by Crippen LogP contribution is 2.25. The highest BCUT2D eigenvalue weighted by Gasteiger charge is 2.38. The second-order valence-electron chi connectivity index (χ2n) is 7.66. The molecular weight excluding hydrogens is 430 g/mol. The fourth-order valence-corrected chi connectivity index (χ4v) is 4.16. The molecule has 150 valence electrons. The summed E-state index contributed by atoms with van der Waals surface area (Å²) >= 11 is 3.46. The number of benzene rings is 2. The Kier molecular flexibility index (Phi) is 5.81. The molecule has 0 saturated carbocycles. The van der Waals surface area contributed by atoms with E-state index in [-0.39, 0.29) is 17.9 Å². The fourth-order valence-electron chi connectivity index (χ4n) is 3.90. The van der Waals surface area contributed by atoms with Crippen molar-refractivity contribution in [2.75, 3.05) is 13.1 Å². The van der Waals surface area contributed by atoms with Gasteiger partial charge in [-0.3, -0.25) is 9.59 Å². The van der Waals surface area contributed by atoms with E-state index in [1.54, 1.807) is 5.01 Å². The highest BCUT2D eigenvalue weighted by molar-refractivity contribution is 9.10. The summed E-state index contributed by atoms with van der Waals surface area (Å²) in [5, 5.41) is 6.22. The molecule has 0 N–H and O–H groups in total. The third kappa shape index (κ3) is 4.42. The molecule has 0 aromatic heterocycles. The molecule has 1 saturated heterocycles. The van der Waals surface area contributed by atoms with Crippen LogP contribution >= 0.6 is 15.9 Å². The summed E-state index contributed by atoms with van der Waals surface area (Å²) in [7, 11) is 0. The van der Waals surface area contributed by atoms with Crippen LogP contribution in [0.3, 0.4) is 0 Å². The lowest BCUT2D eigenvalue weighted by atomic mass is 10.0. The summed E-state index contributed by atoms with van der Waals surface area (Å²) in [4.78, 5) is 27.1. The number of amides is 2. The van der Waals surface area contributed by atoms with E-state index < -0.39 is 0 Å². The van der Waals surface area contributed by atoms with E-state index in [0.717, 1.165) is 34.3 Å². The zero-order chi connectivity index (χ0) is 20.4. The van der Waals surface area contributed by atoms with Crippen LogP contribution in [0, 0.1) is 6.92 Å². The van der Waals surface area contributed by atoms with Gasteiger partial charge in [0.15, 0.2) is 0 Å². The Balaban J connectivity index is 1.52. The lowest BCUT2D eigenvalue weighted by molar-refractivity contribution is -0.133. The Hall–Kier alpha value is -2.47. The van der Waals surface area contributed by atoms with Crippen LogP contribution in [0.4, 0.5) is 0 Å². The SMILES string of the molecule is Cc1ccc(CCC(=O)N2CC(N3CCCC3=O)C(c3ccc(Br)cc3)=N2)cc1. The van der Waals surface area contributed by atoms with Gasteiger partial charge in [-0.05, 0) is 37.5 Å². The molecule has 1 unspecified atom stereocenters. The van der Waals surface area contributed by atoms with Crippen molar-refractivity contribution in [3.05, 3.63) is 69.7 Å². The minimum atomic E-state index is -0.172. The van der Waals surface area contributed by atoms with Crippen LogP contribution in [0.25, 0.3) is 0 Å². The maximum Gasteiger partial charge on any atom is 0.243 e. The first kappa shape index (κ1) is 19.8. The second kappa shape index (κ2) is 8.49. The van der Waals surface area contributed by atoms with E-state index in [0.29, 0.717) is 25.8 Å². The van der Waals surface area contributed by atoms with Gasteiger partial charge in [0.05, 0.1) is 18.3 Å². The molecule has 0 bridgehead atoms. The molecule has 2 aromatic rings. The van der Waals surface area contributed by atoms with E-state index in [4.69, 9.17) is 0 Å². The second-order valence-corrected chi connectivity index (χ2v) is 8.58. The molecule has 0 spiro atoms. The normalized spacial score (nSPS) is 19.0. The average molecular weight is 454 g/mol. The maximum absolute atomic E-state index is 12.9. The third-order valence-corrected chi connectivity index (χ3v) is 6.08. The Morgan fingerprint density at radius 3 is 2.52 bits per heavy atom. The number of rotatable bonds is 5. The lowest BCUT2D eigenvalue weighted by Crippen LogP contribution is -2.44. The van der Waals surface area contributed by atoms with Gasteiger partial charge in [0.2, 0.25) is 11.8 Å². The predicted octanol–water partition coefficient (Wildman–Crippen LogP) is 3.93. The van der Waals surface area contributed by atoms with Crippen LogP contribution in [-0.2, 0) is 16.0 Å². The van der Waals surface area contributed by atoms with E-state index in [1.165, 1.54) is 5.56 Å². The van der Waals surface area contributed by atoms with Gasteiger partial charge in [0.25, 0.3) is 0 Å². The van der Waals surface area contributed by atoms with Crippen LogP contribution in [0.5, 0.6) is 0 Å². The summed E-state index contributed by atoms with van der Waals surface area (Å²) in [6, 6.07) is 16.0. The van der Waals surface area contributed by atoms with E-state index >= 15 is 0 Å². The molecule has 5 nitrogen and oxygen atoms in total. The molecule has 1 fully saturated rings. The molecule has 2 aliphatic heterocycles. The van der Waals surface area contributed by atoms with Crippen molar-refractivity contribution >= 4 is 33.5 Å². The molecule has 0 radical (unpaired) electrons. The molecule has 2 aliphatic rings. The first-order valence-electron chi connectivity index (χ1n) is 10.0. The zero-order valence-electron chi connectivity index (χ0n) is 16.5. The minimum Gasteiger partial charge on any atom is -0.332 e. The number of aryl methyl sites for hydroxylation is 2. The third-order valence-electron chi connectivity index (χ3n) is 5.55. The molecule has 2 aromatic carbocycles. The van der Waals surface area contributed by atoms with Gasteiger partial charge in [-0.25, -0.2) is 5.01 Å². The smallest absolute Gasteiger partial charge is 0.243 e. The van der Waals surface area contributed by atoms with Gasteiger partial charge in [0, 0.05) is 29.4 Å². The first-order chi connectivity index (χ1) is 14.0. The van der Waals surface area contributed by atoms with Crippen molar-refractivity contribution in [1.82, 2.24) is 9.91 Å². The van der Waals surface area contributed by atoms with Crippen LogP contribution in [0.2, 0.25) is 0 Å². The number of carbonyl (C=O) groups is 2. The Morgan fingerprint density at radius 1 is 1.14 bits per heavy atom. The molecule has 0 aliphatic carbocycles. The fraction of sp³-hybridized carbons (Fsp3) is 0.348. The van der Waals surface area contributed by atoms with Crippen LogP contribution in [0.1, 0.15) is 36.0 Å². The molecular formula is C23H24BrN3O2. The van der Waals surface area contributed by atoms with Crippen molar-refractivity contribution in [1.29, 1.82) is 0 Å². The monoisotopic (exact) mass is 453 g/mol. The zero-order valence-corrected chi connectivity index (χ0v) is 18.1. The topological polar surface area (TPSA) is 53.0 Å². The Morgan fingerprint density at radius 2 is 1.86 bits per heavy atom. The van der Waals surface area contributed by atoms with Gasteiger partial charge in [-0.15, -0.1) is 0 Å². The van der Waals surface area contributed by atoms with Gasteiger partial charge in [-0.1, -0.05) is 57.9 Å². The van der Waals surface area contributed by atoms with E-state index in [2.05, 4.69) is 52.2 Å². The number of halogens is 1. The summed E-state index contributed by atoms with van der Waals surface area (Å²) in [5.41, 5.74) is 4.11. The molecule has 1 atom stereocenters. The van der Waals surface area contributed by atoms with Crippen molar-refractivity contribution in [3.8, 4) is 0 Å². The number of hydrogen-bond donors (Lipinski definition) is 0. The number of hydrazone groups is 1. The van der Waals surface area contributed by atoms with Gasteiger partial charge in [0.1, 0.15) is 0 Å². The standard InChI is InChI=1S/C23H24BrN3O2/c1-16-4-6-17(7-5-16)8-13-22(29)27-15-20(26-14-2-3-21(26)28)23(25-27)18-9-11-19(24)12-10-18/h4-7,9-12,20H,2-3,8,13-15H2,1H3. The molecule has 2 heterocycles. The Labute approximate surface area is 179 Å². The highest BCUT2D eigenvalue weighted by atomic mass is 79.9. The quantitative estimate of drug-likeness (QED) is 0.688. The van der Waals surface area contributed by atoms with E-state index in [9.17, 15) is 9.59 Å². The number of likely N-dealkylation sites (tertiary alicyclic amines) is 1. The van der Waals surface area contributed by atoms with Crippen molar-refractivity contribution in [2.45, 2.75) is 38.6 Å². The van der Waals surface area contributed by atoms with Crippen LogP contribution in [0.15, 0.2) is 58.1 Å². The molecule has 29 heavy (non-hydrogen) atoms. The van der Waals surface area contributed by atoms with Crippen LogP contribution < -0.4 is 0 Å². The van der Waals surface area contributed by atoms with Gasteiger partial charge < -0.3 is 4.90 Å². The molecule has 2 amide bonds. The summed E-state index contributed by atoms with van der Waals surface area (Å²) < 4.78 is 0.986.